The Balaban J connectivity index is 1.33. The monoisotopic (exact) mass is 602 g/mol. The molecule has 0 bridgehead atoms. The van der Waals surface area contributed by atoms with Crippen molar-refractivity contribution in [2.75, 3.05) is 26.0 Å². The number of amides is 4. The first-order valence-electron chi connectivity index (χ1n) is 14.4. The molecule has 228 valence electrons. The van der Waals surface area contributed by atoms with Crippen molar-refractivity contribution in [1.29, 1.82) is 0 Å². The molecule has 0 unspecified atom stereocenters. The molecule has 1 aromatic carbocycles. The highest BCUT2D eigenvalue weighted by atomic mass is 32.2. The molecule has 1 aromatic rings. The molecule has 4 amide bonds. The lowest BCUT2D eigenvalue weighted by Crippen LogP contribution is -2.54. The van der Waals surface area contributed by atoms with Crippen molar-refractivity contribution < 1.29 is 37.1 Å². The van der Waals surface area contributed by atoms with Crippen LogP contribution in [-0.4, -0.2) is 74.7 Å². The predicted molar refractivity (Wildman–Crippen MR) is 153 cm³/mol. The zero-order valence-corrected chi connectivity index (χ0v) is 24.7. The summed E-state index contributed by atoms with van der Waals surface area (Å²) in [7, 11) is -0.614. The van der Waals surface area contributed by atoms with Gasteiger partial charge in [0, 0.05) is 31.3 Å². The Kier molecular flexibility index (Phi) is 8.49. The lowest BCUT2D eigenvalue weighted by atomic mass is 9.93. The number of sulfonamides is 1. The maximum absolute atomic E-state index is 13.8. The third-order valence-corrected chi connectivity index (χ3v) is 10.4. The van der Waals surface area contributed by atoms with Crippen LogP contribution in [0, 0.1) is 17.8 Å². The summed E-state index contributed by atoms with van der Waals surface area (Å²) < 4.78 is 38.1. The molecule has 5 rings (SSSR count). The average Bonchev–Trinajstić information content (AvgIpc) is 3.87. The molecule has 3 saturated carbocycles. The van der Waals surface area contributed by atoms with Crippen molar-refractivity contribution in [3.8, 4) is 5.75 Å². The summed E-state index contributed by atoms with van der Waals surface area (Å²) in [5.41, 5.74) is -0.951. The van der Waals surface area contributed by atoms with Gasteiger partial charge in [-0.05, 0) is 63.5 Å². The van der Waals surface area contributed by atoms with E-state index >= 15 is 0 Å². The summed E-state index contributed by atoms with van der Waals surface area (Å²) in [6.07, 6.45) is 6.16. The number of ether oxygens (including phenoxy) is 2. The highest BCUT2D eigenvalue weighted by molar-refractivity contribution is 7.91. The lowest BCUT2D eigenvalue weighted by molar-refractivity contribution is -0.140. The van der Waals surface area contributed by atoms with E-state index in [0.29, 0.717) is 30.8 Å². The van der Waals surface area contributed by atoms with E-state index in [1.165, 1.54) is 7.11 Å². The van der Waals surface area contributed by atoms with Gasteiger partial charge in [-0.25, -0.2) is 13.2 Å². The summed E-state index contributed by atoms with van der Waals surface area (Å²) in [6, 6.07) is 6.76. The smallest absolute Gasteiger partial charge is 0.411 e. The van der Waals surface area contributed by atoms with Gasteiger partial charge >= 0.3 is 6.09 Å². The zero-order chi connectivity index (χ0) is 30.1. The van der Waals surface area contributed by atoms with Gasteiger partial charge < -0.3 is 19.7 Å². The summed E-state index contributed by atoms with van der Waals surface area (Å²) in [5, 5.41) is 4.89. The van der Waals surface area contributed by atoms with Crippen LogP contribution in [0.4, 0.5) is 10.5 Å². The number of methoxy groups -OCH3 is 1. The Morgan fingerprint density at radius 3 is 2.62 bits per heavy atom. The van der Waals surface area contributed by atoms with E-state index in [1.54, 1.807) is 36.2 Å². The molecule has 0 saturated heterocycles. The standard InChI is InChI=1S/C29H38N4O8S/c1-33-13-6-4-3-5-8-18-17-29(18,27(36)32-42(38,39)22-11-12-22)31-25(34)23-15-21(16-24(23)26(33)35)41-28(37)30-19-9-7-10-20(14-19)40-2/h5,7-10,14,18,21-24H,3-4,6,11-13,15-17H2,1-2H3,(H,30,37)(H,31,34)(H,32,36)/b8-5-/t18-,21+,23-,24-,29+/m0/s1. The molecule has 1 heterocycles. The molecule has 42 heavy (non-hydrogen) atoms. The number of benzene rings is 1. The fourth-order valence-corrected chi connectivity index (χ4v) is 7.25. The van der Waals surface area contributed by atoms with E-state index in [0.717, 1.165) is 19.3 Å². The third kappa shape index (κ3) is 6.55. The van der Waals surface area contributed by atoms with Crippen molar-refractivity contribution in [2.24, 2.45) is 17.8 Å². The molecule has 3 N–H and O–H groups in total. The first-order valence-corrected chi connectivity index (χ1v) is 16.0. The van der Waals surface area contributed by atoms with Gasteiger partial charge in [0.15, 0.2) is 0 Å². The number of fused-ring (bicyclic) bond motifs is 2. The highest BCUT2D eigenvalue weighted by Crippen LogP contribution is 2.47. The molecule has 0 spiro atoms. The van der Waals surface area contributed by atoms with Crippen LogP contribution in [0.3, 0.4) is 0 Å². The maximum atomic E-state index is 13.8. The summed E-state index contributed by atoms with van der Waals surface area (Å²) >= 11 is 0. The zero-order valence-electron chi connectivity index (χ0n) is 23.8. The van der Waals surface area contributed by atoms with Crippen molar-refractivity contribution in [3.05, 3.63) is 36.4 Å². The van der Waals surface area contributed by atoms with Crippen LogP contribution < -0.4 is 20.1 Å². The van der Waals surface area contributed by atoms with Gasteiger partial charge in [0.1, 0.15) is 17.4 Å². The molecular weight excluding hydrogens is 564 g/mol. The number of anilines is 1. The van der Waals surface area contributed by atoms with Crippen molar-refractivity contribution in [2.45, 2.75) is 68.3 Å². The van der Waals surface area contributed by atoms with E-state index in [-0.39, 0.29) is 31.1 Å². The third-order valence-electron chi connectivity index (χ3n) is 8.59. The Bertz CT molecular complexity index is 1380. The topological polar surface area (TPSA) is 160 Å². The normalized spacial score (nSPS) is 30.6. The van der Waals surface area contributed by atoms with Gasteiger partial charge in [0.25, 0.3) is 5.91 Å². The quantitative estimate of drug-likeness (QED) is 0.418. The fourth-order valence-electron chi connectivity index (χ4n) is 5.89. The molecule has 3 aliphatic carbocycles. The predicted octanol–water partition coefficient (Wildman–Crippen LogP) is 2.32. The SMILES string of the molecule is COc1cccc(NC(=O)O[C@@H]2C[C@@H]3C(=O)N[C@]4(C(=O)NS(=O)(=O)C5CC5)C[C@@H]4/C=C\CCCCN(C)C(=O)[C@H]3C2)c1. The van der Waals surface area contributed by atoms with Crippen molar-refractivity contribution in [1.82, 2.24) is 14.9 Å². The van der Waals surface area contributed by atoms with Gasteiger partial charge in [0.05, 0.1) is 24.2 Å². The van der Waals surface area contributed by atoms with E-state index < -0.39 is 56.7 Å². The Morgan fingerprint density at radius 1 is 1.12 bits per heavy atom. The van der Waals surface area contributed by atoms with E-state index in [4.69, 9.17) is 9.47 Å². The molecule has 0 aromatic heterocycles. The van der Waals surface area contributed by atoms with Gasteiger partial charge in [-0.15, -0.1) is 0 Å². The first kappa shape index (κ1) is 29.9. The van der Waals surface area contributed by atoms with Crippen LogP contribution >= 0.6 is 0 Å². The van der Waals surface area contributed by atoms with Crippen LogP contribution in [-0.2, 0) is 29.1 Å². The molecular formula is C29H38N4O8S. The van der Waals surface area contributed by atoms with Crippen LogP contribution in [0.15, 0.2) is 36.4 Å². The number of carbonyl (C=O) groups excluding carboxylic acids is 4. The minimum atomic E-state index is -3.82. The molecule has 1 aliphatic heterocycles. The van der Waals surface area contributed by atoms with Crippen LogP contribution in [0.25, 0.3) is 0 Å². The molecule has 3 fully saturated rings. The van der Waals surface area contributed by atoms with Crippen LogP contribution in [0.5, 0.6) is 5.75 Å². The summed E-state index contributed by atoms with van der Waals surface area (Å²) in [4.78, 5) is 54.9. The number of carbonyl (C=O) groups is 4. The minimum Gasteiger partial charge on any atom is -0.497 e. The van der Waals surface area contributed by atoms with Gasteiger partial charge in [-0.1, -0.05) is 18.2 Å². The average molecular weight is 603 g/mol. The Hall–Kier alpha value is -3.61. The Morgan fingerprint density at radius 2 is 1.88 bits per heavy atom. The summed E-state index contributed by atoms with van der Waals surface area (Å²) in [6.45, 7) is 0.522. The highest BCUT2D eigenvalue weighted by Gasteiger charge is 2.62. The summed E-state index contributed by atoms with van der Waals surface area (Å²) in [5.74, 6) is -2.97. The molecule has 12 nitrogen and oxygen atoms in total. The van der Waals surface area contributed by atoms with Crippen LogP contribution in [0.2, 0.25) is 0 Å². The number of rotatable bonds is 6. The second kappa shape index (κ2) is 11.9. The molecule has 0 radical (unpaired) electrons. The number of hydrogen-bond donors (Lipinski definition) is 3. The molecule has 5 atom stereocenters. The second-order valence-electron chi connectivity index (χ2n) is 11.7. The van der Waals surface area contributed by atoms with Crippen molar-refractivity contribution >= 4 is 39.5 Å². The number of allylic oxidation sites excluding steroid dienone is 1. The lowest BCUT2D eigenvalue weighted by Gasteiger charge is -2.26. The maximum Gasteiger partial charge on any atom is 0.411 e. The Labute approximate surface area is 245 Å². The van der Waals surface area contributed by atoms with E-state index in [9.17, 15) is 27.6 Å². The van der Waals surface area contributed by atoms with E-state index in [2.05, 4.69) is 15.4 Å². The van der Waals surface area contributed by atoms with Crippen molar-refractivity contribution in [3.63, 3.8) is 0 Å². The number of nitrogens with zero attached hydrogens (tertiary/aromatic N) is 1. The van der Waals surface area contributed by atoms with Gasteiger partial charge in [-0.3, -0.25) is 24.4 Å². The van der Waals surface area contributed by atoms with Gasteiger partial charge in [-0.2, -0.15) is 0 Å². The molecule has 13 heteroatoms. The second-order valence-corrected chi connectivity index (χ2v) is 13.7. The van der Waals surface area contributed by atoms with Gasteiger partial charge in [0.2, 0.25) is 21.8 Å². The molecule has 4 aliphatic rings. The van der Waals surface area contributed by atoms with Crippen LogP contribution in [0.1, 0.15) is 51.4 Å². The minimum absolute atomic E-state index is 0.0835. The number of nitrogens with one attached hydrogen (secondary N) is 3. The number of hydrogen-bond acceptors (Lipinski definition) is 8. The van der Waals surface area contributed by atoms with E-state index in [1.807, 2.05) is 12.2 Å². The first-order chi connectivity index (χ1) is 20.0. The fraction of sp³-hybridized carbons (Fsp3) is 0.586. The largest absolute Gasteiger partial charge is 0.497 e.